The molecule has 16 heavy (non-hydrogen) atoms. The van der Waals surface area contributed by atoms with E-state index in [2.05, 4.69) is 16.9 Å². The lowest BCUT2D eigenvalue weighted by molar-refractivity contribution is -0.120. The van der Waals surface area contributed by atoms with Crippen LogP contribution in [0.2, 0.25) is 0 Å². The van der Waals surface area contributed by atoms with E-state index >= 15 is 0 Å². The monoisotopic (exact) mass is 218 g/mol. The van der Waals surface area contributed by atoms with Crippen molar-refractivity contribution in [3.05, 3.63) is 23.3 Å². The highest BCUT2D eigenvalue weighted by atomic mass is 16.1. The van der Waals surface area contributed by atoms with Crippen LogP contribution in [-0.4, -0.2) is 15.8 Å². The topological polar surface area (TPSA) is 42.9 Å². The molecule has 1 fully saturated rings. The van der Waals surface area contributed by atoms with Crippen molar-refractivity contribution in [2.75, 3.05) is 0 Å². The average Bonchev–Trinajstić information content (AvgIpc) is 2.29. The van der Waals surface area contributed by atoms with E-state index in [0.29, 0.717) is 24.5 Å². The molecule has 1 aromatic heterocycles. The van der Waals surface area contributed by atoms with E-state index in [1.165, 1.54) is 0 Å². The number of rotatable bonds is 2. The fourth-order valence-electron chi connectivity index (χ4n) is 2.22. The summed E-state index contributed by atoms with van der Waals surface area (Å²) in [6, 6.07) is 2.04. The highest BCUT2D eigenvalue weighted by Crippen LogP contribution is 2.29. The van der Waals surface area contributed by atoms with Crippen LogP contribution in [0.5, 0.6) is 0 Å². The van der Waals surface area contributed by atoms with Crippen LogP contribution in [0.1, 0.15) is 55.7 Å². The molecule has 1 aliphatic rings. The third kappa shape index (κ3) is 2.46. The van der Waals surface area contributed by atoms with Gasteiger partial charge in [-0.25, -0.2) is 9.97 Å². The first kappa shape index (κ1) is 11.2. The molecule has 1 aromatic rings. The van der Waals surface area contributed by atoms with E-state index in [9.17, 15) is 4.79 Å². The van der Waals surface area contributed by atoms with E-state index < -0.39 is 0 Å². The average molecular weight is 218 g/mol. The second-order valence-corrected chi connectivity index (χ2v) is 4.53. The quantitative estimate of drug-likeness (QED) is 0.766. The van der Waals surface area contributed by atoms with Crippen molar-refractivity contribution < 1.29 is 4.79 Å². The molecule has 0 spiro atoms. The number of ketones is 1. The molecule has 3 nitrogen and oxygen atoms in total. The summed E-state index contributed by atoms with van der Waals surface area (Å²) in [5.41, 5.74) is 2.15. The number of carbonyl (C=O) groups excluding carboxylic acids is 1. The highest BCUT2D eigenvalue weighted by molar-refractivity contribution is 5.79. The molecule has 2 rings (SSSR count). The van der Waals surface area contributed by atoms with E-state index in [4.69, 9.17) is 0 Å². The van der Waals surface area contributed by atoms with Gasteiger partial charge in [0.25, 0.3) is 0 Å². The van der Waals surface area contributed by atoms with Gasteiger partial charge in [-0.05, 0) is 32.3 Å². The third-order valence-electron chi connectivity index (χ3n) is 3.20. The fourth-order valence-corrected chi connectivity index (χ4v) is 2.22. The summed E-state index contributed by atoms with van der Waals surface area (Å²) in [4.78, 5) is 20.3. The summed E-state index contributed by atoms with van der Waals surface area (Å²) < 4.78 is 0. The molecule has 0 atom stereocenters. The molecule has 86 valence electrons. The first-order chi connectivity index (χ1) is 7.69. The molecule has 0 N–H and O–H groups in total. The van der Waals surface area contributed by atoms with Crippen molar-refractivity contribution in [1.82, 2.24) is 9.97 Å². The summed E-state index contributed by atoms with van der Waals surface area (Å²) in [7, 11) is 0. The summed E-state index contributed by atoms with van der Waals surface area (Å²) in [5.74, 6) is 1.73. The molecule has 0 aliphatic heterocycles. The molecule has 0 aromatic carbocycles. The smallest absolute Gasteiger partial charge is 0.132 e. The Morgan fingerprint density at radius 3 is 2.62 bits per heavy atom. The van der Waals surface area contributed by atoms with Crippen LogP contribution in [0, 0.1) is 6.92 Å². The van der Waals surface area contributed by atoms with Gasteiger partial charge in [0.1, 0.15) is 11.6 Å². The largest absolute Gasteiger partial charge is 0.300 e. The Morgan fingerprint density at radius 2 is 2.00 bits per heavy atom. The van der Waals surface area contributed by atoms with Gasteiger partial charge in [0.2, 0.25) is 0 Å². The van der Waals surface area contributed by atoms with Gasteiger partial charge in [-0.15, -0.1) is 0 Å². The van der Waals surface area contributed by atoms with Crippen molar-refractivity contribution in [2.45, 2.75) is 51.9 Å². The van der Waals surface area contributed by atoms with Crippen LogP contribution in [-0.2, 0) is 11.2 Å². The van der Waals surface area contributed by atoms with Crippen molar-refractivity contribution in [3.63, 3.8) is 0 Å². The summed E-state index contributed by atoms with van der Waals surface area (Å²) >= 11 is 0. The van der Waals surface area contributed by atoms with Gasteiger partial charge in [0.15, 0.2) is 0 Å². The molecule has 0 bridgehead atoms. The SMILES string of the molecule is CCc1cc(C)nc(C2CCC(=O)CC2)n1. The van der Waals surface area contributed by atoms with Crippen molar-refractivity contribution in [1.29, 1.82) is 0 Å². The van der Waals surface area contributed by atoms with Gasteiger partial charge in [0, 0.05) is 30.1 Å². The van der Waals surface area contributed by atoms with Gasteiger partial charge in [-0.3, -0.25) is 4.79 Å². The van der Waals surface area contributed by atoms with Crippen molar-refractivity contribution in [2.24, 2.45) is 0 Å². The van der Waals surface area contributed by atoms with Crippen LogP contribution >= 0.6 is 0 Å². The van der Waals surface area contributed by atoms with Gasteiger partial charge in [0.05, 0.1) is 0 Å². The van der Waals surface area contributed by atoms with Crippen LogP contribution in [0.4, 0.5) is 0 Å². The Bertz CT molecular complexity index is 391. The van der Waals surface area contributed by atoms with Gasteiger partial charge in [-0.2, -0.15) is 0 Å². The maximum Gasteiger partial charge on any atom is 0.132 e. The first-order valence-corrected chi connectivity index (χ1v) is 6.05. The molecule has 1 heterocycles. The summed E-state index contributed by atoms with van der Waals surface area (Å²) in [6.45, 7) is 4.12. The van der Waals surface area contributed by atoms with Crippen molar-refractivity contribution >= 4 is 5.78 Å². The zero-order valence-corrected chi connectivity index (χ0v) is 9.99. The number of hydrogen-bond acceptors (Lipinski definition) is 3. The van der Waals surface area contributed by atoms with Crippen LogP contribution < -0.4 is 0 Å². The number of nitrogens with zero attached hydrogens (tertiary/aromatic N) is 2. The molecule has 0 radical (unpaired) electrons. The molecule has 0 amide bonds. The number of hydrogen-bond donors (Lipinski definition) is 0. The first-order valence-electron chi connectivity index (χ1n) is 6.05. The molecule has 3 heteroatoms. The number of aromatic nitrogens is 2. The second kappa shape index (κ2) is 4.73. The van der Waals surface area contributed by atoms with Crippen molar-refractivity contribution in [3.8, 4) is 0 Å². The lowest BCUT2D eigenvalue weighted by atomic mass is 9.88. The minimum absolute atomic E-state index is 0.389. The lowest BCUT2D eigenvalue weighted by Gasteiger charge is -2.20. The van der Waals surface area contributed by atoms with Gasteiger partial charge >= 0.3 is 0 Å². The highest BCUT2D eigenvalue weighted by Gasteiger charge is 2.22. The maximum absolute atomic E-state index is 11.2. The Morgan fingerprint density at radius 1 is 1.31 bits per heavy atom. The maximum atomic E-state index is 11.2. The molecular formula is C13H18N2O. The predicted octanol–water partition coefficient (Wildman–Crippen LogP) is 2.57. The van der Waals surface area contributed by atoms with Crippen LogP contribution in [0.3, 0.4) is 0 Å². The Labute approximate surface area is 96.3 Å². The minimum Gasteiger partial charge on any atom is -0.300 e. The fraction of sp³-hybridized carbons (Fsp3) is 0.615. The minimum atomic E-state index is 0.389. The van der Waals surface area contributed by atoms with E-state index in [-0.39, 0.29) is 0 Å². The summed E-state index contributed by atoms with van der Waals surface area (Å²) in [5, 5.41) is 0. The molecule has 0 saturated heterocycles. The molecular weight excluding hydrogens is 200 g/mol. The summed E-state index contributed by atoms with van der Waals surface area (Å²) in [6.07, 6.45) is 4.19. The van der Waals surface area contributed by atoms with Crippen LogP contribution in [0.15, 0.2) is 6.07 Å². The molecule has 0 unspecified atom stereocenters. The van der Waals surface area contributed by atoms with E-state index in [1.807, 2.05) is 13.0 Å². The second-order valence-electron chi connectivity index (χ2n) is 4.53. The van der Waals surface area contributed by atoms with Crippen LogP contribution in [0.25, 0.3) is 0 Å². The predicted molar refractivity (Wildman–Crippen MR) is 62.4 cm³/mol. The molecule has 1 aliphatic carbocycles. The van der Waals surface area contributed by atoms with E-state index in [0.717, 1.165) is 36.5 Å². The standard InChI is InChI=1S/C13H18N2O/c1-3-11-8-9(2)14-13(15-11)10-4-6-12(16)7-5-10/h8,10H,3-7H2,1-2H3. The Kier molecular flexibility index (Phi) is 3.32. The Balaban J connectivity index is 2.19. The number of aryl methyl sites for hydroxylation is 2. The molecule has 1 saturated carbocycles. The normalized spacial score (nSPS) is 17.8. The number of carbonyl (C=O) groups is 1. The number of Topliss-reactive ketones (excluding diaryl/α,β-unsaturated/α-hetero) is 1. The van der Waals surface area contributed by atoms with E-state index in [1.54, 1.807) is 0 Å². The third-order valence-corrected chi connectivity index (χ3v) is 3.20. The van der Waals surface area contributed by atoms with Gasteiger partial charge < -0.3 is 0 Å². The Hall–Kier alpha value is -1.25. The van der Waals surface area contributed by atoms with Gasteiger partial charge in [-0.1, -0.05) is 6.92 Å². The zero-order valence-electron chi connectivity index (χ0n) is 9.99. The zero-order chi connectivity index (χ0) is 11.5. The lowest BCUT2D eigenvalue weighted by Crippen LogP contribution is -2.15.